The molecule has 16 heteroatoms. The fourth-order valence-corrected chi connectivity index (χ4v) is 11.6. The Balaban J connectivity index is 1.33. The van der Waals surface area contributed by atoms with Gasteiger partial charge < -0.3 is 26.2 Å². The Bertz CT molecular complexity index is 3600. The van der Waals surface area contributed by atoms with Crippen molar-refractivity contribution in [3.63, 3.8) is 0 Å². The molecule has 2 heterocycles. The highest BCUT2D eigenvalue weighted by Gasteiger charge is 2.44. The fourth-order valence-electron chi connectivity index (χ4n) is 10.6. The number of carbonyl (C=O) groups excluding carboxylic acids is 2. The molecule has 0 unspecified atom stereocenters. The fraction of sp³-hybridized carbons (Fsp3) is 0.349. The van der Waals surface area contributed by atoms with Gasteiger partial charge in [-0.15, -0.1) is 0 Å². The summed E-state index contributed by atoms with van der Waals surface area (Å²) in [6, 6.07) is 30.8. The highest BCUT2D eigenvalue weighted by atomic mass is 32.2. The van der Waals surface area contributed by atoms with Crippen LogP contribution in [0.3, 0.4) is 0 Å². The van der Waals surface area contributed by atoms with Crippen molar-refractivity contribution < 1.29 is 40.1 Å². The number of benzene rings is 5. The second-order valence-corrected chi connectivity index (χ2v) is 24.5. The van der Waals surface area contributed by atoms with Crippen LogP contribution in [0.5, 0.6) is 0 Å². The van der Waals surface area contributed by atoms with E-state index in [1.807, 2.05) is 72.8 Å². The smallest absolute Gasteiger partial charge is 0.265 e. The number of para-hydroxylation sites is 2. The van der Waals surface area contributed by atoms with Gasteiger partial charge in [-0.3, -0.25) is 18.7 Å². The molecule has 0 aromatic heterocycles. The summed E-state index contributed by atoms with van der Waals surface area (Å²) >= 11 is 0. The van der Waals surface area contributed by atoms with Crippen LogP contribution in [-0.4, -0.2) is 98.8 Å². The predicted molar refractivity (Wildman–Crippen MR) is 320 cm³/mol. The van der Waals surface area contributed by atoms with E-state index in [2.05, 4.69) is 126 Å². The molecule has 7 rings (SSSR count). The van der Waals surface area contributed by atoms with Crippen LogP contribution in [0.4, 0.5) is 11.4 Å². The first-order valence-corrected chi connectivity index (χ1v) is 30.1. The van der Waals surface area contributed by atoms with Crippen molar-refractivity contribution in [2.45, 2.75) is 91.1 Å². The number of carbonyl (C=O) groups is 2. The van der Waals surface area contributed by atoms with Gasteiger partial charge in [-0.05, 0) is 135 Å². The molecule has 5 aromatic rings. The Labute approximate surface area is 467 Å². The third kappa shape index (κ3) is 15.0. The average Bonchev–Trinajstić information content (AvgIpc) is 3.89. The van der Waals surface area contributed by atoms with Gasteiger partial charge in [0.1, 0.15) is 6.54 Å². The van der Waals surface area contributed by atoms with Crippen LogP contribution in [0.2, 0.25) is 0 Å². The number of nitrogens with one attached hydrogen (secondary N) is 4. The third-order valence-corrected chi connectivity index (χ3v) is 16.2. The van der Waals surface area contributed by atoms with Crippen molar-refractivity contribution >= 4 is 70.7 Å². The molecule has 0 atom stereocenters. The lowest BCUT2D eigenvalue weighted by Crippen LogP contribution is -2.28. The molecule has 0 aliphatic carbocycles. The van der Waals surface area contributed by atoms with Gasteiger partial charge in [0, 0.05) is 95.9 Å². The van der Waals surface area contributed by atoms with E-state index < -0.39 is 31.1 Å². The summed E-state index contributed by atoms with van der Waals surface area (Å²) in [7, 11) is -8.37. The Morgan fingerprint density at radius 3 is 1.82 bits per heavy atom. The van der Waals surface area contributed by atoms with Crippen molar-refractivity contribution in [1.82, 2.24) is 21.3 Å². The summed E-state index contributed by atoms with van der Waals surface area (Å²) in [5, 5.41) is 17.4. The molecule has 0 saturated carbocycles. The minimum Gasteiger partial charge on any atom is -0.352 e. The minimum absolute atomic E-state index is 0.157. The topological polar surface area (TPSA) is 197 Å². The summed E-state index contributed by atoms with van der Waals surface area (Å²) in [5.74, 6) is 5.97. The lowest BCUT2D eigenvalue weighted by Gasteiger charge is -2.27. The molecule has 416 valence electrons. The van der Waals surface area contributed by atoms with Gasteiger partial charge in [-0.25, -0.2) is 0 Å². The van der Waals surface area contributed by atoms with Gasteiger partial charge in [-0.2, -0.15) is 21.4 Å². The molecule has 5 aromatic carbocycles. The summed E-state index contributed by atoms with van der Waals surface area (Å²) in [6.45, 7) is 23.6. The van der Waals surface area contributed by atoms with E-state index in [0.29, 0.717) is 69.1 Å². The zero-order chi connectivity index (χ0) is 57.1. The molecule has 2 amide bonds. The van der Waals surface area contributed by atoms with E-state index >= 15 is 0 Å². The van der Waals surface area contributed by atoms with E-state index in [4.69, 9.17) is 0 Å². The average molecular weight is 1110 g/mol. The molecule has 0 saturated heterocycles. The van der Waals surface area contributed by atoms with E-state index in [1.54, 1.807) is 13.8 Å². The van der Waals surface area contributed by atoms with Crippen molar-refractivity contribution in [2.24, 2.45) is 0 Å². The number of hydrogen-bond donors (Lipinski definition) is 6. The van der Waals surface area contributed by atoms with Crippen LogP contribution in [0.1, 0.15) is 95.0 Å². The monoisotopic (exact) mass is 1110 g/mol. The Morgan fingerprint density at radius 1 is 0.671 bits per heavy atom. The molecule has 0 fully saturated rings. The lowest BCUT2D eigenvalue weighted by atomic mass is 9.81. The first-order valence-electron chi connectivity index (χ1n) is 26.9. The summed E-state index contributed by atoms with van der Waals surface area (Å²) < 4.78 is 69.0. The number of amides is 2. The van der Waals surface area contributed by atoms with E-state index in [-0.39, 0.29) is 36.2 Å². The molecule has 14 nitrogen and oxygen atoms in total. The number of nitrogens with zero attached hydrogens (tertiary/aromatic N) is 2. The highest BCUT2D eigenvalue weighted by Crippen LogP contribution is 2.48. The Kier molecular flexibility index (Phi) is 19.5. The van der Waals surface area contributed by atoms with Gasteiger partial charge in [0.15, 0.2) is 5.71 Å². The Hall–Kier alpha value is -6.97. The minimum atomic E-state index is -4.19. The SMILES string of the molecule is C=C(C)C(=O)NCCCNCc1c2ccccc2c(CNCCCNC(=O)C(=C)C)c2cc(C#CC(=C\C=C3/N(CCCS(=O)(=O)O)c4ccccc4C3(C)C)/C=C/C3=[N+](CCCS(=O)(=O)O)c4ccccc4C3(C)C)ccc12. The van der Waals surface area contributed by atoms with Crippen molar-refractivity contribution in [1.29, 1.82) is 0 Å². The molecule has 0 radical (unpaired) electrons. The quantitative estimate of drug-likeness (QED) is 0.00620. The molecule has 2 aliphatic rings. The van der Waals surface area contributed by atoms with E-state index in [9.17, 15) is 35.5 Å². The standard InChI is InChI=1S/C63H74N6O8S2/c1-44(2)60(70)66-35-15-33-64-42-52-48-19-9-10-20-49(48)53(43-65-34-16-36-67-61(71)45(3)4)51-41-47(27-30-50(51)52)26-25-46(28-31-58-62(5,6)54-21-11-13-23-56(54)68(58)37-17-39-78(72,73)74)29-32-59-63(7,8)55-22-12-14-24-57(55)69(59)38-18-40-79(75,76)77/h9-14,19-24,27-32,41,64-65H,1,3,15-18,33-40,42-43H2,2,4-8H3,(H3-,66,67,70,71,72,73,74,75,76,77)/p+1. The molecule has 0 spiro atoms. The second kappa shape index (κ2) is 25.9. The highest BCUT2D eigenvalue weighted by molar-refractivity contribution is 7.86. The maximum Gasteiger partial charge on any atom is 0.265 e. The van der Waals surface area contributed by atoms with Crippen molar-refractivity contribution in [3.05, 3.63) is 179 Å². The Morgan fingerprint density at radius 2 is 1.22 bits per heavy atom. The van der Waals surface area contributed by atoms with Gasteiger partial charge in [0.05, 0.1) is 16.9 Å². The maximum atomic E-state index is 12.2. The molecular weight excluding hydrogens is 1030 g/mol. The summed E-state index contributed by atoms with van der Waals surface area (Å²) in [6.07, 6.45) is 9.90. The summed E-state index contributed by atoms with van der Waals surface area (Å²) in [5.41, 5.74) is 9.57. The van der Waals surface area contributed by atoms with Gasteiger partial charge in [-0.1, -0.05) is 106 Å². The van der Waals surface area contributed by atoms with Gasteiger partial charge >= 0.3 is 0 Å². The van der Waals surface area contributed by atoms with Gasteiger partial charge in [0.2, 0.25) is 17.5 Å². The van der Waals surface area contributed by atoms with Gasteiger partial charge in [0.25, 0.3) is 20.2 Å². The number of hydrogen-bond acceptors (Lipinski definition) is 9. The van der Waals surface area contributed by atoms with Crippen LogP contribution in [0.25, 0.3) is 21.5 Å². The lowest BCUT2D eigenvalue weighted by molar-refractivity contribution is -0.437. The molecule has 2 aliphatic heterocycles. The largest absolute Gasteiger partial charge is 0.352 e. The maximum absolute atomic E-state index is 12.2. The zero-order valence-corrected chi connectivity index (χ0v) is 48.0. The third-order valence-electron chi connectivity index (χ3n) is 14.6. The van der Waals surface area contributed by atoms with Crippen LogP contribution in [-0.2, 0) is 53.7 Å². The van der Waals surface area contributed by atoms with Crippen LogP contribution in [0.15, 0.2) is 151 Å². The molecule has 6 N–H and O–H groups in total. The molecule has 0 bridgehead atoms. The number of rotatable bonds is 25. The normalized spacial score (nSPS) is 15.4. The van der Waals surface area contributed by atoms with Crippen molar-refractivity contribution in [3.8, 4) is 11.8 Å². The second-order valence-electron chi connectivity index (χ2n) is 21.4. The first kappa shape index (κ1) is 59.7. The van der Waals surface area contributed by atoms with Crippen LogP contribution < -0.4 is 26.2 Å². The number of allylic oxidation sites excluding steroid dienone is 6. The van der Waals surface area contributed by atoms with Crippen LogP contribution >= 0.6 is 0 Å². The van der Waals surface area contributed by atoms with E-state index in [0.717, 1.165) is 85.0 Å². The predicted octanol–water partition coefficient (Wildman–Crippen LogP) is 9.49. The van der Waals surface area contributed by atoms with E-state index in [1.165, 1.54) is 0 Å². The first-order chi connectivity index (χ1) is 37.5. The molecule has 79 heavy (non-hydrogen) atoms. The zero-order valence-electron chi connectivity index (χ0n) is 46.3. The molecular formula is C63H75N6O8S2+. The number of anilines is 1. The number of fused-ring (bicyclic) bond motifs is 4. The van der Waals surface area contributed by atoms with Crippen molar-refractivity contribution in [2.75, 3.05) is 55.7 Å². The van der Waals surface area contributed by atoms with Crippen LogP contribution in [0, 0.1) is 11.8 Å². The summed E-state index contributed by atoms with van der Waals surface area (Å²) in [4.78, 5) is 26.4.